The van der Waals surface area contributed by atoms with Gasteiger partial charge in [-0.15, -0.1) is 11.6 Å². The van der Waals surface area contributed by atoms with Gasteiger partial charge in [-0.2, -0.15) is 0 Å². The Hall–Kier alpha value is -1.22. The van der Waals surface area contributed by atoms with Gasteiger partial charge in [0.2, 0.25) is 0 Å². The van der Waals surface area contributed by atoms with Crippen LogP contribution in [0.5, 0.6) is 11.5 Å². The minimum Gasteiger partial charge on any atom is -0.493 e. The third-order valence-corrected chi connectivity index (χ3v) is 2.59. The van der Waals surface area contributed by atoms with Crippen LogP contribution in [0.25, 0.3) is 0 Å². The maximum absolute atomic E-state index is 11.8. The number of carbonyl (C=O) groups is 1. The molecule has 0 heterocycles. The van der Waals surface area contributed by atoms with Crippen molar-refractivity contribution >= 4 is 17.4 Å². The number of rotatable bonds is 7. The average molecular weight is 257 g/mol. The second-order valence-electron chi connectivity index (χ2n) is 3.51. The molecule has 0 saturated carbocycles. The van der Waals surface area contributed by atoms with E-state index in [1.54, 1.807) is 25.3 Å². The third kappa shape index (κ3) is 3.93. The van der Waals surface area contributed by atoms with E-state index in [1.165, 1.54) is 0 Å². The fraction of sp³-hybridized carbons (Fsp3) is 0.462. The van der Waals surface area contributed by atoms with Gasteiger partial charge in [0.05, 0.1) is 13.7 Å². The normalized spacial score (nSPS) is 10.1. The molecule has 1 aromatic carbocycles. The number of Topliss-reactive ketones (excluding diaryl/α,β-unsaturated/α-hetero) is 1. The van der Waals surface area contributed by atoms with E-state index in [0.717, 1.165) is 0 Å². The average Bonchev–Trinajstić information content (AvgIpc) is 2.36. The van der Waals surface area contributed by atoms with Crippen LogP contribution in [-0.2, 0) is 0 Å². The van der Waals surface area contributed by atoms with E-state index in [4.69, 9.17) is 21.1 Å². The highest BCUT2D eigenvalue weighted by Crippen LogP contribution is 2.28. The van der Waals surface area contributed by atoms with Crippen molar-refractivity contribution in [2.24, 2.45) is 0 Å². The van der Waals surface area contributed by atoms with Crippen molar-refractivity contribution < 1.29 is 14.3 Å². The molecule has 4 heteroatoms. The number of methoxy groups -OCH3 is 1. The Bertz CT molecular complexity index is 377. The highest BCUT2D eigenvalue weighted by Gasteiger charge is 2.10. The largest absolute Gasteiger partial charge is 0.493 e. The fourth-order valence-electron chi connectivity index (χ4n) is 1.49. The van der Waals surface area contributed by atoms with Crippen LogP contribution in [0.4, 0.5) is 0 Å². The Morgan fingerprint density at radius 2 is 2.12 bits per heavy atom. The summed E-state index contributed by atoms with van der Waals surface area (Å²) >= 11 is 5.56. The summed E-state index contributed by atoms with van der Waals surface area (Å²) in [6.07, 6.45) is 1.15. The van der Waals surface area contributed by atoms with E-state index < -0.39 is 0 Å². The van der Waals surface area contributed by atoms with Gasteiger partial charge in [0.1, 0.15) is 0 Å². The number of ketones is 1. The molecule has 3 nitrogen and oxygen atoms in total. The number of benzene rings is 1. The van der Waals surface area contributed by atoms with Gasteiger partial charge in [0.15, 0.2) is 17.3 Å². The minimum atomic E-state index is 0.0759. The van der Waals surface area contributed by atoms with Crippen LogP contribution < -0.4 is 9.47 Å². The number of alkyl halides is 1. The molecule has 0 fully saturated rings. The lowest BCUT2D eigenvalue weighted by Crippen LogP contribution is -2.01. The Morgan fingerprint density at radius 1 is 1.35 bits per heavy atom. The van der Waals surface area contributed by atoms with E-state index in [9.17, 15) is 4.79 Å². The summed E-state index contributed by atoms with van der Waals surface area (Å²) in [4.78, 5) is 11.8. The first-order chi connectivity index (χ1) is 8.22. The molecule has 0 spiro atoms. The summed E-state index contributed by atoms with van der Waals surface area (Å²) < 4.78 is 10.6. The molecule has 0 saturated heterocycles. The zero-order valence-corrected chi connectivity index (χ0v) is 10.9. The van der Waals surface area contributed by atoms with Gasteiger partial charge in [0, 0.05) is 17.9 Å². The second kappa shape index (κ2) is 7.17. The number of ether oxygens (including phenoxy) is 2. The predicted molar refractivity (Wildman–Crippen MR) is 68.4 cm³/mol. The first kappa shape index (κ1) is 13.8. The highest BCUT2D eigenvalue weighted by atomic mass is 35.5. The van der Waals surface area contributed by atoms with Gasteiger partial charge in [-0.3, -0.25) is 4.79 Å². The highest BCUT2D eigenvalue weighted by molar-refractivity contribution is 6.18. The molecule has 1 rings (SSSR count). The standard InChI is InChI=1S/C13H17ClO3/c1-3-17-12-7-6-10(9-13(12)16-2)11(15)5-4-8-14/h6-7,9H,3-5,8H2,1-2H3. The summed E-state index contributed by atoms with van der Waals surface area (Å²) in [7, 11) is 1.56. The molecule has 1 aromatic rings. The maximum atomic E-state index is 11.8. The number of halogens is 1. The van der Waals surface area contributed by atoms with E-state index in [2.05, 4.69) is 0 Å². The predicted octanol–water partition coefficient (Wildman–Crippen LogP) is 3.30. The second-order valence-corrected chi connectivity index (χ2v) is 3.89. The summed E-state index contributed by atoms with van der Waals surface area (Å²) in [5.74, 6) is 1.82. The van der Waals surface area contributed by atoms with Gasteiger partial charge in [-0.1, -0.05) is 0 Å². The summed E-state index contributed by atoms with van der Waals surface area (Å²) in [6, 6.07) is 5.22. The fourth-order valence-corrected chi connectivity index (χ4v) is 1.62. The summed E-state index contributed by atoms with van der Waals surface area (Å²) in [6.45, 7) is 2.47. The van der Waals surface area contributed by atoms with Crippen LogP contribution in [0.2, 0.25) is 0 Å². The summed E-state index contributed by atoms with van der Waals surface area (Å²) in [5.41, 5.74) is 0.635. The van der Waals surface area contributed by atoms with Crippen molar-refractivity contribution in [3.63, 3.8) is 0 Å². The third-order valence-electron chi connectivity index (χ3n) is 2.32. The molecule has 0 unspecified atom stereocenters. The van der Waals surface area contributed by atoms with Crippen LogP contribution >= 0.6 is 11.6 Å². The van der Waals surface area contributed by atoms with Gasteiger partial charge in [-0.25, -0.2) is 0 Å². The zero-order chi connectivity index (χ0) is 12.7. The van der Waals surface area contributed by atoms with Crippen molar-refractivity contribution in [1.82, 2.24) is 0 Å². The van der Waals surface area contributed by atoms with Crippen LogP contribution in [0.1, 0.15) is 30.1 Å². The smallest absolute Gasteiger partial charge is 0.163 e. The SMILES string of the molecule is CCOc1ccc(C(=O)CCCCl)cc1OC. The summed E-state index contributed by atoms with van der Waals surface area (Å²) in [5, 5.41) is 0. The number of hydrogen-bond acceptors (Lipinski definition) is 3. The Labute approximate surface area is 107 Å². The molecule has 0 atom stereocenters. The molecule has 17 heavy (non-hydrogen) atoms. The van der Waals surface area contributed by atoms with E-state index >= 15 is 0 Å². The van der Waals surface area contributed by atoms with Crippen molar-refractivity contribution in [2.75, 3.05) is 19.6 Å². The molecule has 94 valence electrons. The molecule has 0 aliphatic rings. The Morgan fingerprint density at radius 3 is 2.71 bits per heavy atom. The Kier molecular flexibility index (Phi) is 5.84. The molecule has 0 aromatic heterocycles. The molecule has 0 radical (unpaired) electrons. The van der Waals surface area contributed by atoms with Crippen molar-refractivity contribution in [1.29, 1.82) is 0 Å². The topological polar surface area (TPSA) is 35.5 Å². The minimum absolute atomic E-state index is 0.0759. The molecule has 0 aliphatic heterocycles. The first-order valence-corrected chi connectivity index (χ1v) is 6.16. The van der Waals surface area contributed by atoms with E-state index in [1.807, 2.05) is 6.92 Å². The van der Waals surface area contributed by atoms with Gasteiger partial charge in [0.25, 0.3) is 0 Å². The van der Waals surface area contributed by atoms with Crippen molar-refractivity contribution in [3.8, 4) is 11.5 Å². The van der Waals surface area contributed by atoms with Crippen LogP contribution in [0.3, 0.4) is 0 Å². The van der Waals surface area contributed by atoms with Gasteiger partial charge >= 0.3 is 0 Å². The lowest BCUT2D eigenvalue weighted by atomic mass is 10.1. The van der Waals surface area contributed by atoms with Crippen molar-refractivity contribution in [2.45, 2.75) is 19.8 Å². The molecular weight excluding hydrogens is 240 g/mol. The molecule has 0 N–H and O–H groups in total. The Balaban J connectivity index is 2.84. The lowest BCUT2D eigenvalue weighted by molar-refractivity contribution is 0.0981. The van der Waals surface area contributed by atoms with Gasteiger partial charge in [-0.05, 0) is 31.5 Å². The lowest BCUT2D eigenvalue weighted by Gasteiger charge is -2.10. The van der Waals surface area contributed by atoms with Crippen LogP contribution in [0.15, 0.2) is 18.2 Å². The van der Waals surface area contributed by atoms with Gasteiger partial charge < -0.3 is 9.47 Å². The quantitative estimate of drug-likeness (QED) is 0.555. The first-order valence-electron chi connectivity index (χ1n) is 5.63. The molecular formula is C13H17ClO3. The maximum Gasteiger partial charge on any atom is 0.163 e. The zero-order valence-electron chi connectivity index (χ0n) is 10.2. The van der Waals surface area contributed by atoms with Crippen molar-refractivity contribution in [3.05, 3.63) is 23.8 Å². The van der Waals surface area contributed by atoms with E-state index in [-0.39, 0.29) is 5.78 Å². The number of hydrogen-bond donors (Lipinski definition) is 0. The molecule has 0 aliphatic carbocycles. The number of carbonyl (C=O) groups excluding carboxylic acids is 1. The van der Waals surface area contributed by atoms with Crippen LogP contribution in [0, 0.1) is 0 Å². The molecule has 0 amide bonds. The van der Waals surface area contributed by atoms with E-state index in [0.29, 0.717) is 42.4 Å². The van der Waals surface area contributed by atoms with Crippen LogP contribution in [-0.4, -0.2) is 25.4 Å². The molecule has 0 bridgehead atoms. The monoisotopic (exact) mass is 256 g/mol.